The lowest BCUT2D eigenvalue weighted by Gasteiger charge is -2.17. The number of aromatic nitrogens is 2. The summed E-state index contributed by atoms with van der Waals surface area (Å²) in [4.78, 5) is 5.51. The Morgan fingerprint density at radius 1 is 1.12 bits per heavy atom. The number of benzene rings is 2. The largest absolute Gasteiger partial charge is 0.331 e. The second kappa shape index (κ2) is 7.70. The second-order valence-electron chi connectivity index (χ2n) is 5.94. The van der Waals surface area contributed by atoms with Crippen molar-refractivity contribution in [1.29, 1.82) is 0 Å². The number of hydrogen-bond donors (Lipinski definition) is 1. The number of rotatable bonds is 6. The topological polar surface area (TPSA) is 24.0 Å². The number of halogens is 2. The SMILES string of the molecule is CN(CCCn1c(=S)[nH]c2cc(Cl)c(Cl)cc21)Cc1ccccc1. The maximum absolute atomic E-state index is 6.14. The molecule has 1 heterocycles. The van der Waals surface area contributed by atoms with Crippen LogP contribution in [-0.4, -0.2) is 28.0 Å². The Morgan fingerprint density at radius 2 is 1.83 bits per heavy atom. The molecule has 1 aromatic heterocycles. The Hall–Kier alpha value is -1.33. The number of nitrogens with zero attached hydrogens (tertiary/aromatic N) is 2. The van der Waals surface area contributed by atoms with Crippen molar-refractivity contribution in [2.75, 3.05) is 13.6 Å². The van der Waals surface area contributed by atoms with Crippen LogP contribution in [0.3, 0.4) is 0 Å². The third-order valence-corrected chi connectivity index (χ3v) is 5.08. The number of aromatic amines is 1. The molecule has 0 saturated carbocycles. The van der Waals surface area contributed by atoms with Gasteiger partial charge in [-0.15, -0.1) is 0 Å². The molecule has 0 amide bonds. The Morgan fingerprint density at radius 3 is 2.58 bits per heavy atom. The Bertz CT molecular complexity index is 886. The predicted molar refractivity (Wildman–Crippen MR) is 105 cm³/mol. The van der Waals surface area contributed by atoms with Crippen molar-refractivity contribution in [3.63, 3.8) is 0 Å². The van der Waals surface area contributed by atoms with Gasteiger partial charge >= 0.3 is 0 Å². The highest BCUT2D eigenvalue weighted by atomic mass is 35.5. The van der Waals surface area contributed by atoms with Gasteiger partial charge in [0, 0.05) is 13.1 Å². The summed E-state index contributed by atoms with van der Waals surface area (Å²) in [6.07, 6.45) is 1.00. The zero-order valence-electron chi connectivity index (χ0n) is 13.4. The minimum Gasteiger partial charge on any atom is -0.331 e. The Balaban J connectivity index is 1.64. The number of imidazole rings is 1. The molecule has 6 heteroatoms. The maximum Gasteiger partial charge on any atom is 0.178 e. The van der Waals surface area contributed by atoms with E-state index in [1.54, 1.807) is 0 Å². The molecule has 0 aliphatic carbocycles. The standard InChI is InChI=1S/C18H19Cl2N3S/c1-22(12-13-6-3-2-4-7-13)8-5-9-23-17-11-15(20)14(19)10-16(17)21-18(23)24/h2-4,6-7,10-11H,5,8-9,12H2,1H3,(H,21,24). The molecule has 2 aromatic carbocycles. The minimum atomic E-state index is 0.537. The number of hydrogen-bond acceptors (Lipinski definition) is 2. The third kappa shape index (κ3) is 4.01. The van der Waals surface area contributed by atoms with Crippen molar-refractivity contribution in [2.24, 2.45) is 0 Å². The highest BCUT2D eigenvalue weighted by molar-refractivity contribution is 7.71. The van der Waals surface area contributed by atoms with Crippen LogP contribution in [0.15, 0.2) is 42.5 Å². The lowest BCUT2D eigenvalue weighted by Crippen LogP contribution is -2.20. The van der Waals surface area contributed by atoms with Crippen LogP contribution in [0.4, 0.5) is 0 Å². The summed E-state index contributed by atoms with van der Waals surface area (Å²) in [5.74, 6) is 0. The zero-order valence-corrected chi connectivity index (χ0v) is 15.8. The molecule has 3 rings (SSSR count). The van der Waals surface area contributed by atoms with Crippen LogP contribution in [0.5, 0.6) is 0 Å². The van der Waals surface area contributed by atoms with Crippen LogP contribution in [0.25, 0.3) is 11.0 Å². The Kier molecular flexibility index (Phi) is 5.61. The molecule has 126 valence electrons. The monoisotopic (exact) mass is 379 g/mol. The lowest BCUT2D eigenvalue weighted by atomic mass is 10.2. The maximum atomic E-state index is 6.14. The van der Waals surface area contributed by atoms with Gasteiger partial charge in [0.15, 0.2) is 4.77 Å². The molecule has 1 N–H and O–H groups in total. The average molecular weight is 380 g/mol. The van der Waals surface area contributed by atoms with Gasteiger partial charge in [-0.25, -0.2) is 0 Å². The molecule has 0 saturated heterocycles. The van der Waals surface area contributed by atoms with E-state index in [0.29, 0.717) is 14.8 Å². The van der Waals surface area contributed by atoms with Crippen molar-refractivity contribution in [3.05, 3.63) is 62.8 Å². The molecule has 24 heavy (non-hydrogen) atoms. The van der Waals surface area contributed by atoms with Gasteiger partial charge in [0.2, 0.25) is 0 Å². The van der Waals surface area contributed by atoms with Crippen molar-refractivity contribution >= 4 is 46.5 Å². The molecule has 0 spiro atoms. The van der Waals surface area contributed by atoms with E-state index in [1.807, 2.05) is 18.2 Å². The quantitative estimate of drug-likeness (QED) is 0.569. The summed E-state index contributed by atoms with van der Waals surface area (Å²) in [5, 5.41) is 1.09. The molecular formula is C18H19Cl2N3S. The predicted octanol–water partition coefficient (Wildman–Crippen LogP) is 5.53. The molecule has 0 unspecified atom stereocenters. The van der Waals surface area contributed by atoms with E-state index in [1.165, 1.54) is 5.56 Å². The highest BCUT2D eigenvalue weighted by Gasteiger charge is 2.08. The van der Waals surface area contributed by atoms with Gasteiger partial charge in [0.25, 0.3) is 0 Å². The minimum absolute atomic E-state index is 0.537. The van der Waals surface area contributed by atoms with Crippen LogP contribution in [0, 0.1) is 4.77 Å². The lowest BCUT2D eigenvalue weighted by molar-refractivity contribution is 0.314. The van der Waals surface area contributed by atoms with Crippen LogP contribution in [-0.2, 0) is 13.1 Å². The van der Waals surface area contributed by atoms with Crippen LogP contribution in [0.1, 0.15) is 12.0 Å². The zero-order chi connectivity index (χ0) is 17.1. The second-order valence-corrected chi connectivity index (χ2v) is 7.14. The van der Waals surface area contributed by atoms with E-state index in [2.05, 4.69) is 45.8 Å². The number of aryl methyl sites for hydroxylation is 1. The molecule has 0 fully saturated rings. The van der Waals surface area contributed by atoms with E-state index in [4.69, 9.17) is 35.4 Å². The van der Waals surface area contributed by atoms with E-state index in [0.717, 1.165) is 37.1 Å². The highest BCUT2D eigenvalue weighted by Crippen LogP contribution is 2.27. The molecule has 3 aromatic rings. The molecular weight excluding hydrogens is 361 g/mol. The first-order valence-electron chi connectivity index (χ1n) is 7.84. The average Bonchev–Trinajstić information content (AvgIpc) is 2.84. The first-order chi connectivity index (χ1) is 11.5. The first-order valence-corrected chi connectivity index (χ1v) is 9.01. The summed E-state index contributed by atoms with van der Waals surface area (Å²) in [5.41, 5.74) is 3.25. The summed E-state index contributed by atoms with van der Waals surface area (Å²) >= 11 is 17.6. The molecule has 0 aliphatic heterocycles. The number of fused-ring (bicyclic) bond motifs is 1. The smallest absolute Gasteiger partial charge is 0.178 e. The summed E-state index contributed by atoms with van der Waals surface area (Å²) in [6, 6.07) is 14.2. The van der Waals surface area contributed by atoms with Crippen molar-refractivity contribution < 1.29 is 0 Å². The van der Waals surface area contributed by atoms with Crippen LogP contribution < -0.4 is 0 Å². The van der Waals surface area contributed by atoms with Gasteiger partial charge in [-0.3, -0.25) is 0 Å². The van der Waals surface area contributed by atoms with Gasteiger partial charge in [-0.1, -0.05) is 53.5 Å². The molecule has 0 radical (unpaired) electrons. The van der Waals surface area contributed by atoms with Gasteiger partial charge in [-0.2, -0.15) is 0 Å². The molecule has 0 atom stereocenters. The number of nitrogens with one attached hydrogen (secondary N) is 1. The van der Waals surface area contributed by atoms with Crippen LogP contribution in [0.2, 0.25) is 10.0 Å². The molecule has 0 bridgehead atoms. The van der Waals surface area contributed by atoms with Gasteiger partial charge in [-0.05, 0) is 49.9 Å². The fourth-order valence-corrected chi connectivity index (χ4v) is 3.47. The van der Waals surface area contributed by atoms with Gasteiger partial charge < -0.3 is 14.5 Å². The normalized spacial score (nSPS) is 11.5. The van der Waals surface area contributed by atoms with E-state index in [-0.39, 0.29) is 0 Å². The van der Waals surface area contributed by atoms with Gasteiger partial charge in [0.05, 0.1) is 21.1 Å². The fourth-order valence-electron chi connectivity index (χ4n) is 2.85. The third-order valence-electron chi connectivity index (χ3n) is 4.03. The summed E-state index contributed by atoms with van der Waals surface area (Å²) < 4.78 is 2.79. The Labute approximate surface area is 156 Å². The van der Waals surface area contributed by atoms with E-state index >= 15 is 0 Å². The van der Waals surface area contributed by atoms with Gasteiger partial charge in [0.1, 0.15) is 0 Å². The van der Waals surface area contributed by atoms with Crippen molar-refractivity contribution in [1.82, 2.24) is 14.5 Å². The van der Waals surface area contributed by atoms with Crippen molar-refractivity contribution in [2.45, 2.75) is 19.5 Å². The van der Waals surface area contributed by atoms with Crippen LogP contribution >= 0.6 is 35.4 Å². The molecule has 0 aliphatic rings. The number of H-pyrrole nitrogens is 1. The summed E-state index contributed by atoms with van der Waals surface area (Å²) in [7, 11) is 2.14. The first kappa shape index (κ1) is 17.5. The summed E-state index contributed by atoms with van der Waals surface area (Å²) in [6.45, 7) is 2.78. The fraction of sp³-hybridized carbons (Fsp3) is 0.278. The molecule has 3 nitrogen and oxygen atoms in total. The van der Waals surface area contributed by atoms with E-state index in [9.17, 15) is 0 Å². The van der Waals surface area contributed by atoms with Crippen molar-refractivity contribution in [3.8, 4) is 0 Å². The van der Waals surface area contributed by atoms with E-state index < -0.39 is 0 Å².